The molecule has 0 radical (unpaired) electrons. The van der Waals surface area contributed by atoms with Gasteiger partial charge in [0.25, 0.3) is 5.91 Å². The minimum atomic E-state index is -0.661. The quantitative estimate of drug-likeness (QED) is 0.786. The molecule has 1 unspecified atom stereocenters. The van der Waals surface area contributed by atoms with Gasteiger partial charge in [-0.15, -0.1) is 0 Å². The first-order chi connectivity index (χ1) is 11.0. The van der Waals surface area contributed by atoms with Crippen LogP contribution in [0, 0.1) is 11.3 Å². The molecule has 23 heavy (non-hydrogen) atoms. The molecule has 1 aromatic rings. The molecule has 1 atom stereocenters. The van der Waals surface area contributed by atoms with Crippen LogP contribution in [-0.2, 0) is 0 Å². The molecule has 1 aliphatic rings. The minimum absolute atomic E-state index is 0.230. The highest BCUT2D eigenvalue weighted by atomic mass is 16.5. The molecule has 0 N–H and O–H groups in total. The summed E-state index contributed by atoms with van der Waals surface area (Å²) in [7, 11) is 8.29. The summed E-state index contributed by atoms with van der Waals surface area (Å²) < 4.78 is 16.0. The third-order valence-electron chi connectivity index (χ3n) is 3.85. The Hall–Kier alpha value is -2.46. The summed E-state index contributed by atoms with van der Waals surface area (Å²) in [6.07, 6.45) is 0. The number of fused-ring (bicyclic) bond motifs is 1. The Kier molecular flexibility index (Phi) is 4.96. The fraction of sp³-hybridized carbons (Fsp3) is 0.500. The summed E-state index contributed by atoms with van der Waals surface area (Å²) in [5.74, 6) is 0.865. The van der Waals surface area contributed by atoms with Crippen molar-refractivity contribution in [2.45, 2.75) is 6.04 Å². The monoisotopic (exact) mass is 319 g/mol. The van der Waals surface area contributed by atoms with E-state index in [-0.39, 0.29) is 5.91 Å². The van der Waals surface area contributed by atoms with Gasteiger partial charge in [0.2, 0.25) is 5.75 Å². The van der Waals surface area contributed by atoms with E-state index in [2.05, 4.69) is 6.07 Å². The summed E-state index contributed by atoms with van der Waals surface area (Å²) in [6, 6.07) is 3.22. The highest BCUT2D eigenvalue weighted by Gasteiger charge is 2.41. The molecule has 0 saturated carbocycles. The van der Waals surface area contributed by atoms with Crippen molar-refractivity contribution in [1.29, 1.82) is 5.26 Å². The molecule has 7 heteroatoms. The van der Waals surface area contributed by atoms with Crippen LogP contribution in [0.1, 0.15) is 22.0 Å². The predicted molar refractivity (Wildman–Crippen MR) is 84.0 cm³/mol. The van der Waals surface area contributed by atoms with E-state index in [0.29, 0.717) is 41.5 Å². The van der Waals surface area contributed by atoms with Crippen molar-refractivity contribution in [3.63, 3.8) is 0 Å². The first-order valence-electron chi connectivity index (χ1n) is 7.18. The Bertz CT molecular complexity index is 652. The molecule has 0 bridgehead atoms. The van der Waals surface area contributed by atoms with Crippen LogP contribution in [0.2, 0.25) is 0 Å². The van der Waals surface area contributed by atoms with Crippen molar-refractivity contribution >= 4 is 5.91 Å². The smallest absolute Gasteiger partial charge is 0.259 e. The molecular formula is C16H21N3O4. The van der Waals surface area contributed by atoms with E-state index in [9.17, 15) is 10.1 Å². The van der Waals surface area contributed by atoms with E-state index >= 15 is 0 Å². The first kappa shape index (κ1) is 16.9. The molecule has 1 amide bonds. The molecule has 0 aliphatic carbocycles. The summed E-state index contributed by atoms with van der Waals surface area (Å²) in [5, 5.41) is 9.55. The Labute approximate surface area is 135 Å². The number of amides is 1. The molecule has 2 rings (SSSR count). The number of rotatable bonds is 6. The number of hydrogen-bond acceptors (Lipinski definition) is 6. The summed E-state index contributed by atoms with van der Waals surface area (Å²) in [5.41, 5.74) is 0.959. The van der Waals surface area contributed by atoms with Crippen molar-refractivity contribution < 1.29 is 19.0 Å². The highest BCUT2D eigenvalue weighted by molar-refractivity contribution is 6.03. The molecule has 0 fully saturated rings. The fourth-order valence-corrected chi connectivity index (χ4v) is 2.72. The van der Waals surface area contributed by atoms with Gasteiger partial charge in [-0.1, -0.05) is 0 Å². The average molecular weight is 319 g/mol. The lowest BCUT2D eigenvalue weighted by molar-refractivity contribution is 0.0743. The predicted octanol–water partition coefficient (Wildman–Crippen LogP) is 1.29. The van der Waals surface area contributed by atoms with Crippen LogP contribution in [0.5, 0.6) is 17.2 Å². The van der Waals surface area contributed by atoms with Crippen LogP contribution < -0.4 is 14.2 Å². The number of methoxy groups -OCH3 is 3. The van der Waals surface area contributed by atoms with E-state index in [1.54, 1.807) is 11.0 Å². The summed E-state index contributed by atoms with van der Waals surface area (Å²) in [4.78, 5) is 16.3. The van der Waals surface area contributed by atoms with Crippen LogP contribution in [0.4, 0.5) is 0 Å². The second-order valence-corrected chi connectivity index (χ2v) is 5.44. The van der Waals surface area contributed by atoms with E-state index in [1.807, 2.05) is 19.0 Å². The van der Waals surface area contributed by atoms with Crippen LogP contribution in [-0.4, -0.2) is 64.2 Å². The minimum Gasteiger partial charge on any atom is -0.493 e. The van der Waals surface area contributed by atoms with Crippen molar-refractivity contribution in [2.75, 3.05) is 48.5 Å². The molecule has 0 aromatic heterocycles. The summed E-state index contributed by atoms with van der Waals surface area (Å²) in [6.45, 7) is 1.11. The highest BCUT2D eigenvalue weighted by Crippen LogP contribution is 2.48. The number of nitrogens with zero attached hydrogens (tertiary/aromatic N) is 3. The zero-order valence-electron chi connectivity index (χ0n) is 14.0. The largest absolute Gasteiger partial charge is 0.493 e. The van der Waals surface area contributed by atoms with Crippen LogP contribution in [0.25, 0.3) is 0 Å². The number of nitriles is 1. The molecule has 7 nitrogen and oxygen atoms in total. The Morgan fingerprint density at radius 2 is 1.87 bits per heavy atom. The van der Waals surface area contributed by atoms with Crippen LogP contribution >= 0.6 is 0 Å². The Morgan fingerprint density at radius 1 is 1.22 bits per heavy atom. The number of benzene rings is 1. The third kappa shape index (κ3) is 2.78. The fourth-order valence-electron chi connectivity index (χ4n) is 2.72. The maximum Gasteiger partial charge on any atom is 0.259 e. The molecular weight excluding hydrogens is 298 g/mol. The maximum atomic E-state index is 12.8. The number of likely N-dealkylation sites (N-methyl/N-ethyl adjacent to an activating group) is 1. The Morgan fingerprint density at radius 3 is 2.35 bits per heavy atom. The number of hydrogen-bond donors (Lipinski definition) is 0. The molecule has 1 aliphatic heterocycles. The topological polar surface area (TPSA) is 75.0 Å². The standard InChI is InChI=1S/C16H21N3O4/c1-18(2)6-7-19-11(9-17)10-8-12(21-3)14(22-4)15(23-5)13(10)16(19)20/h8,11H,6-7H2,1-5H3. The van der Waals surface area contributed by atoms with Gasteiger partial charge >= 0.3 is 0 Å². The second kappa shape index (κ2) is 6.75. The van der Waals surface area contributed by atoms with Gasteiger partial charge in [-0.05, 0) is 20.2 Å². The van der Waals surface area contributed by atoms with Gasteiger partial charge in [0.1, 0.15) is 6.04 Å². The lowest BCUT2D eigenvalue weighted by Gasteiger charge is -2.22. The molecule has 124 valence electrons. The van der Waals surface area contributed by atoms with Gasteiger partial charge in [0.15, 0.2) is 11.5 Å². The zero-order chi connectivity index (χ0) is 17.1. The first-order valence-corrected chi connectivity index (χ1v) is 7.18. The summed E-state index contributed by atoms with van der Waals surface area (Å²) >= 11 is 0. The molecule has 1 heterocycles. The van der Waals surface area contributed by atoms with Crippen molar-refractivity contribution in [3.8, 4) is 23.3 Å². The normalized spacial score (nSPS) is 16.3. The Balaban J connectivity index is 2.57. The van der Waals surface area contributed by atoms with Crippen LogP contribution in [0.3, 0.4) is 0 Å². The SMILES string of the molecule is COc1cc2c(c(OC)c1OC)C(=O)N(CCN(C)C)C2C#N. The molecule has 0 saturated heterocycles. The van der Waals surface area contributed by atoms with E-state index in [4.69, 9.17) is 14.2 Å². The average Bonchev–Trinajstić information content (AvgIpc) is 2.82. The van der Waals surface area contributed by atoms with E-state index in [0.717, 1.165) is 0 Å². The van der Waals surface area contributed by atoms with Gasteiger partial charge in [-0.3, -0.25) is 4.79 Å². The van der Waals surface area contributed by atoms with Crippen molar-refractivity contribution in [2.24, 2.45) is 0 Å². The van der Waals surface area contributed by atoms with Crippen LogP contribution in [0.15, 0.2) is 6.07 Å². The van der Waals surface area contributed by atoms with Gasteiger partial charge in [-0.25, -0.2) is 0 Å². The van der Waals surface area contributed by atoms with E-state index in [1.165, 1.54) is 21.3 Å². The number of carbonyl (C=O) groups is 1. The van der Waals surface area contributed by atoms with Gasteiger partial charge in [0.05, 0.1) is 33.0 Å². The molecule has 0 spiro atoms. The molecule has 1 aromatic carbocycles. The lowest BCUT2D eigenvalue weighted by atomic mass is 10.0. The second-order valence-electron chi connectivity index (χ2n) is 5.44. The van der Waals surface area contributed by atoms with Gasteiger partial charge in [-0.2, -0.15) is 5.26 Å². The van der Waals surface area contributed by atoms with E-state index < -0.39 is 6.04 Å². The van der Waals surface area contributed by atoms with Crippen molar-refractivity contribution in [3.05, 3.63) is 17.2 Å². The zero-order valence-corrected chi connectivity index (χ0v) is 14.0. The third-order valence-corrected chi connectivity index (χ3v) is 3.85. The van der Waals surface area contributed by atoms with Gasteiger partial charge < -0.3 is 24.0 Å². The van der Waals surface area contributed by atoms with Gasteiger partial charge in [0, 0.05) is 18.7 Å². The number of carbonyl (C=O) groups excluding carboxylic acids is 1. The lowest BCUT2D eigenvalue weighted by Crippen LogP contribution is -2.34. The maximum absolute atomic E-state index is 12.8. The number of ether oxygens (including phenoxy) is 3. The van der Waals surface area contributed by atoms with Crippen molar-refractivity contribution in [1.82, 2.24) is 9.80 Å².